The second-order valence-corrected chi connectivity index (χ2v) is 4.08. The minimum Gasteiger partial charge on any atom is -0.330 e. The maximum absolute atomic E-state index is 11.2. The number of hydrogen-bond donors (Lipinski definition) is 3. The number of rotatable bonds is 5. The van der Waals surface area contributed by atoms with E-state index in [1.165, 1.54) is 0 Å². The van der Waals surface area contributed by atoms with E-state index in [9.17, 15) is 4.79 Å². The van der Waals surface area contributed by atoms with Gasteiger partial charge in [-0.2, -0.15) is 0 Å². The number of hydrogen-bond acceptors (Lipinski definition) is 4. The van der Waals surface area contributed by atoms with Crippen LogP contribution in [0.1, 0.15) is 13.8 Å². The third-order valence-corrected chi connectivity index (χ3v) is 3.01. The van der Waals surface area contributed by atoms with Gasteiger partial charge >= 0.3 is 0 Å². The summed E-state index contributed by atoms with van der Waals surface area (Å²) in [7, 11) is 0. The first kappa shape index (κ1) is 11.7. The molecular formula is C7H17N3OS. The standard InChI is InChI=1S/C7H17N3OS/c1-5(2)6(7(11)10-9)12-4-3-8/h5-6H,3-4,8-9H2,1-2H3,(H,10,11). The van der Waals surface area contributed by atoms with E-state index in [4.69, 9.17) is 11.6 Å². The molecule has 0 heterocycles. The van der Waals surface area contributed by atoms with Gasteiger partial charge in [0, 0.05) is 12.3 Å². The van der Waals surface area contributed by atoms with Crippen molar-refractivity contribution >= 4 is 17.7 Å². The SMILES string of the molecule is CC(C)C(SCCN)C(=O)NN. The molecule has 4 nitrogen and oxygen atoms in total. The average Bonchev–Trinajstić information content (AvgIpc) is 2.04. The fourth-order valence-electron chi connectivity index (χ4n) is 0.848. The molecule has 0 bridgehead atoms. The van der Waals surface area contributed by atoms with Crippen molar-refractivity contribution in [2.75, 3.05) is 12.3 Å². The highest BCUT2D eigenvalue weighted by molar-refractivity contribution is 8.00. The van der Waals surface area contributed by atoms with Gasteiger partial charge in [-0.15, -0.1) is 11.8 Å². The highest BCUT2D eigenvalue weighted by Gasteiger charge is 2.20. The van der Waals surface area contributed by atoms with Crippen molar-refractivity contribution in [3.63, 3.8) is 0 Å². The van der Waals surface area contributed by atoms with Gasteiger partial charge in [-0.25, -0.2) is 5.84 Å². The van der Waals surface area contributed by atoms with E-state index in [0.717, 1.165) is 5.75 Å². The minimum atomic E-state index is -0.122. The molecule has 0 aromatic carbocycles. The topological polar surface area (TPSA) is 81.1 Å². The second kappa shape index (κ2) is 6.28. The van der Waals surface area contributed by atoms with E-state index in [0.29, 0.717) is 6.54 Å². The lowest BCUT2D eigenvalue weighted by Gasteiger charge is -2.17. The maximum atomic E-state index is 11.2. The molecule has 1 atom stereocenters. The van der Waals surface area contributed by atoms with Crippen molar-refractivity contribution in [2.45, 2.75) is 19.1 Å². The number of amides is 1. The molecule has 0 aromatic rings. The third kappa shape index (κ3) is 3.94. The third-order valence-electron chi connectivity index (χ3n) is 1.42. The average molecular weight is 191 g/mol. The van der Waals surface area contributed by atoms with E-state index in [1.54, 1.807) is 11.8 Å². The van der Waals surface area contributed by atoms with Crippen LogP contribution >= 0.6 is 11.8 Å². The summed E-state index contributed by atoms with van der Waals surface area (Å²) in [4.78, 5) is 11.2. The molecule has 72 valence electrons. The zero-order valence-electron chi connectivity index (χ0n) is 7.54. The highest BCUT2D eigenvalue weighted by Crippen LogP contribution is 2.18. The maximum Gasteiger partial charge on any atom is 0.247 e. The molecule has 5 heteroatoms. The molecule has 0 aliphatic carbocycles. The van der Waals surface area contributed by atoms with Crippen molar-refractivity contribution in [2.24, 2.45) is 17.5 Å². The van der Waals surface area contributed by atoms with Crippen LogP contribution in [-0.4, -0.2) is 23.5 Å². The van der Waals surface area contributed by atoms with Crippen LogP contribution in [0.5, 0.6) is 0 Å². The molecule has 0 rings (SSSR count). The van der Waals surface area contributed by atoms with Gasteiger partial charge in [0.05, 0.1) is 5.25 Å². The van der Waals surface area contributed by atoms with Crippen molar-refractivity contribution in [3.8, 4) is 0 Å². The lowest BCUT2D eigenvalue weighted by atomic mass is 10.1. The van der Waals surface area contributed by atoms with Crippen LogP contribution in [0.25, 0.3) is 0 Å². The Bertz CT molecular complexity index is 141. The Morgan fingerprint density at radius 3 is 2.50 bits per heavy atom. The number of thioether (sulfide) groups is 1. The molecule has 0 saturated carbocycles. The summed E-state index contributed by atoms with van der Waals surface area (Å²) in [6.45, 7) is 4.57. The molecule has 1 unspecified atom stereocenters. The molecule has 1 amide bonds. The Kier molecular flexibility index (Phi) is 6.14. The van der Waals surface area contributed by atoms with Crippen LogP contribution in [0, 0.1) is 5.92 Å². The van der Waals surface area contributed by atoms with Crippen LogP contribution in [0.15, 0.2) is 0 Å². The highest BCUT2D eigenvalue weighted by atomic mass is 32.2. The minimum absolute atomic E-state index is 0.0847. The lowest BCUT2D eigenvalue weighted by molar-refractivity contribution is -0.121. The molecule has 0 aliphatic heterocycles. The number of carbonyl (C=O) groups is 1. The normalized spacial score (nSPS) is 13.1. The van der Waals surface area contributed by atoms with Crippen molar-refractivity contribution in [3.05, 3.63) is 0 Å². The van der Waals surface area contributed by atoms with Gasteiger partial charge in [-0.1, -0.05) is 13.8 Å². The quantitative estimate of drug-likeness (QED) is 0.316. The summed E-state index contributed by atoms with van der Waals surface area (Å²) in [6.07, 6.45) is 0. The van der Waals surface area contributed by atoms with Crippen LogP contribution in [0.4, 0.5) is 0 Å². The fraction of sp³-hybridized carbons (Fsp3) is 0.857. The first-order chi connectivity index (χ1) is 5.63. The molecule has 12 heavy (non-hydrogen) atoms. The smallest absolute Gasteiger partial charge is 0.247 e. The van der Waals surface area contributed by atoms with Gasteiger partial charge in [0.1, 0.15) is 0 Å². The molecule has 5 N–H and O–H groups in total. The Hall–Kier alpha value is -0.260. The van der Waals surface area contributed by atoms with Gasteiger partial charge < -0.3 is 5.73 Å². The number of nitrogens with two attached hydrogens (primary N) is 2. The van der Waals surface area contributed by atoms with E-state index >= 15 is 0 Å². The summed E-state index contributed by atoms with van der Waals surface area (Å²) in [5, 5.41) is -0.0847. The fourth-order valence-corrected chi connectivity index (χ4v) is 1.84. The summed E-state index contributed by atoms with van der Waals surface area (Å²) in [5.74, 6) is 5.99. The van der Waals surface area contributed by atoms with E-state index in [1.807, 2.05) is 13.8 Å². The summed E-state index contributed by atoms with van der Waals surface area (Å²) >= 11 is 1.55. The van der Waals surface area contributed by atoms with Crippen molar-refractivity contribution < 1.29 is 4.79 Å². The zero-order valence-corrected chi connectivity index (χ0v) is 8.36. The van der Waals surface area contributed by atoms with Gasteiger partial charge in [0.2, 0.25) is 5.91 Å². The Morgan fingerprint density at radius 2 is 2.17 bits per heavy atom. The molecule has 0 spiro atoms. The Balaban J connectivity index is 3.95. The molecule has 0 radical (unpaired) electrons. The van der Waals surface area contributed by atoms with Crippen LogP contribution in [-0.2, 0) is 4.79 Å². The largest absolute Gasteiger partial charge is 0.330 e. The first-order valence-corrected chi connectivity index (χ1v) is 5.00. The number of hydrazine groups is 1. The summed E-state index contributed by atoms with van der Waals surface area (Å²) in [6, 6.07) is 0. The van der Waals surface area contributed by atoms with Gasteiger partial charge in [-0.05, 0) is 5.92 Å². The van der Waals surface area contributed by atoms with Crippen LogP contribution < -0.4 is 17.0 Å². The monoisotopic (exact) mass is 191 g/mol. The van der Waals surface area contributed by atoms with Crippen LogP contribution in [0.2, 0.25) is 0 Å². The van der Waals surface area contributed by atoms with Gasteiger partial charge in [0.25, 0.3) is 0 Å². The molecule has 0 aromatic heterocycles. The zero-order chi connectivity index (χ0) is 9.56. The molecule has 0 fully saturated rings. The predicted molar refractivity (Wildman–Crippen MR) is 52.5 cm³/mol. The molecular weight excluding hydrogens is 174 g/mol. The predicted octanol–water partition coefficient (Wildman–Crippen LogP) is -0.307. The van der Waals surface area contributed by atoms with Gasteiger partial charge in [0.15, 0.2) is 0 Å². The molecule has 0 saturated heterocycles. The summed E-state index contributed by atoms with van der Waals surface area (Å²) < 4.78 is 0. The van der Waals surface area contributed by atoms with E-state index < -0.39 is 0 Å². The Labute approximate surface area is 77.4 Å². The van der Waals surface area contributed by atoms with Gasteiger partial charge in [-0.3, -0.25) is 10.2 Å². The van der Waals surface area contributed by atoms with Crippen molar-refractivity contribution in [1.29, 1.82) is 0 Å². The second-order valence-electron chi connectivity index (χ2n) is 2.83. The lowest BCUT2D eigenvalue weighted by Crippen LogP contribution is -2.40. The number of nitrogens with one attached hydrogen (secondary N) is 1. The first-order valence-electron chi connectivity index (χ1n) is 3.95. The summed E-state index contributed by atoms with van der Waals surface area (Å²) in [5.41, 5.74) is 7.49. The van der Waals surface area contributed by atoms with Crippen LogP contribution in [0.3, 0.4) is 0 Å². The Morgan fingerprint density at radius 1 is 1.58 bits per heavy atom. The van der Waals surface area contributed by atoms with E-state index in [-0.39, 0.29) is 17.1 Å². The van der Waals surface area contributed by atoms with Crippen molar-refractivity contribution in [1.82, 2.24) is 5.43 Å². The van der Waals surface area contributed by atoms with E-state index in [2.05, 4.69) is 5.43 Å². The molecule has 0 aliphatic rings. The number of carbonyl (C=O) groups excluding carboxylic acids is 1.